The molecule has 1 atom stereocenters. The minimum atomic E-state index is -0.303. The number of carbonyl (C=O) groups excluding carboxylic acids is 1. The van der Waals surface area contributed by atoms with Gasteiger partial charge in [-0.2, -0.15) is 5.10 Å². The van der Waals surface area contributed by atoms with Gasteiger partial charge in [0.25, 0.3) is 5.91 Å². The molecule has 1 heterocycles. The van der Waals surface area contributed by atoms with E-state index in [1.165, 1.54) is 6.20 Å². The maximum Gasteiger partial charge on any atom is 0.269 e. The largest absolute Gasteiger partial charge is 0.394 e. The predicted molar refractivity (Wildman–Crippen MR) is 67.1 cm³/mol. The van der Waals surface area contributed by atoms with E-state index in [4.69, 9.17) is 0 Å². The second-order valence-corrected chi connectivity index (χ2v) is 4.01. The molecule has 0 fully saturated rings. The average Bonchev–Trinajstić information content (AvgIpc) is 2.93. The van der Waals surface area contributed by atoms with Gasteiger partial charge in [0.1, 0.15) is 5.69 Å². The highest BCUT2D eigenvalue weighted by molar-refractivity contribution is 5.92. The van der Waals surface area contributed by atoms with Gasteiger partial charge in [0.05, 0.1) is 12.6 Å². The Balaban J connectivity index is 1.96. The van der Waals surface area contributed by atoms with E-state index in [1.54, 1.807) is 6.07 Å². The molecule has 1 aromatic heterocycles. The number of aromatic nitrogens is 2. The number of aliphatic hydroxyl groups is 1. The van der Waals surface area contributed by atoms with Crippen molar-refractivity contribution in [2.24, 2.45) is 0 Å². The minimum absolute atomic E-state index is 0.102. The number of nitrogens with zero attached hydrogens (tertiary/aromatic N) is 1. The lowest BCUT2D eigenvalue weighted by Crippen LogP contribution is -2.39. The molecule has 3 N–H and O–H groups in total. The molecule has 18 heavy (non-hydrogen) atoms. The van der Waals surface area contributed by atoms with Gasteiger partial charge in [0, 0.05) is 6.20 Å². The molecule has 1 amide bonds. The smallest absolute Gasteiger partial charge is 0.269 e. The summed E-state index contributed by atoms with van der Waals surface area (Å²) >= 11 is 0. The molecule has 2 aromatic rings. The van der Waals surface area contributed by atoms with Gasteiger partial charge >= 0.3 is 0 Å². The van der Waals surface area contributed by atoms with Crippen LogP contribution in [0.3, 0.4) is 0 Å². The quantitative estimate of drug-likeness (QED) is 0.727. The third kappa shape index (κ3) is 3.18. The molecule has 94 valence electrons. The molecule has 5 heteroatoms. The Bertz CT molecular complexity index is 482. The summed E-state index contributed by atoms with van der Waals surface area (Å²) in [5, 5.41) is 18.3. The van der Waals surface area contributed by atoms with Crippen LogP contribution in [-0.4, -0.2) is 33.9 Å². The molecule has 0 aliphatic rings. The highest BCUT2D eigenvalue weighted by atomic mass is 16.3. The molecule has 0 unspecified atom stereocenters. The molecule has 2 rings (SSSR count). The SMILES string of the molecule is O=C(N[C@H](CO)Cc1ccccc1)c1ccn[nH]1. The van der Waals surface area contributed by atoms with E-state index in [2.05, 4.69) is 15.5 Å². The first kappa shape index (κ1) is 12.3. The first-order valence-electron chi connectivity index (χ1n) is 5.74. The van der Waals surface area contributed by atoms with Gasteiger partial charge in [-0.1, -0.05) is 30.3 Å². The van der Waals surface area contributed by atoms with Crippen molar-refractivity contribution in [3.63, 3.8) is 0 Å². The molecule has 0 saturated heterocycles. The zero-order valence-electron chi connectivity index (χ0n) is 9.84. The van der Waals surface area contributed by atoms with E-state index in [9.17, 15) is 9.90 Å². The third-order valence-electron chi connectivity index (χ3n) is 2.63. The zero-order chi connectivity index (χ0) is 12.8. The van der Waals surface area contributed by atoms with Crippen molar-refractivity contribution in [3.8, 4) is 0 Å². The number of hydrogen-bond acceptors (Lipinski definition) is 3. The van der Waals surface area contributed by atoms with Crippen LogP contribution in [0.4, 0.5) is 0 Å². The number of aromatic amines is 1. The van der Waals surface area contributed by atoms with Crippen molar-refractivity contribution in [3.05, 3.63) is 53.9 Å². The van der Waals surface area contributed by atoms with E-state index < -0.39 is 0 Å². The molecule has 0 aliphatic heterocycles. The molecular formula is C13H15N3O2. The first-order chi connectivity index (χ1) is 8.79. The Morgan fingerprint density at radius 3 is 2.72 bits per heavy atom. The molecule has 0 saturated carbocycles. The van der Waals surface area contributed by atoms with E-state index in [0.717, 1.165) is 5.56 Å². The van der Waals surface area contributed by atoms with Crippen LogP contribution in [0.25, 0.3) is 0 Å². The number of carbonyl (C=O) groups is 1. The summed E-state index contributed by atoms with van der Waals surface area (Å²) in [6, 6.07) is 11.0. The van der Waals surface area contributed by atoms with E-state index in [0.29, 0.717) is 12.1 Å². The van der Waals surface area contributed by atoms with Crippen LogP contribution in [0.15, 0.2) is 42.6 Å². The van der Waals surface area contributed by atoms with Crippen molar-refractivity contribution >= 4 is 5.91 Å². The fourth-order valence-electron chi connectivity index (χ4n) is 1.71. The topological polar surface area (TPSA) is 78.0 Å². The van der Waals surface area contributed by atoms with Crippen LogP contribution in [0, 0.1) is 0 Å². The molecular weight excluding hydrogens is 230 g/mol. The van der Waals surface area contributed by atoms with E-state index >= 15 is 0 Å². The van der Waals surface area contributed by atoms with Crippen molar-refractivity contribution < 1.29 is 9.90 Å². The van der Waals surface area contributed by atoms with Crippen LogP contribution < -0.4 is 5.32 Å². The Morgan fingerprint density at radius 1 is 1.33 bits per heavy atom. The second kappa shape index (κ2) is 5.97. The number of H-pyrrole nitrogens is 1. The monoisotopic (exact) mass is 245 g/mol. The van der Waals surface area contributed by atoms with Crippen molar-refractivity contribution in [2.45, 2.75) is 12.5 Å². The number of rotatable bonds is 5. The van der Waals surface area contributed by atoms with Crippen LogP contribution >= 0.6 is 0 Å². The summed E-state index contributed by atoms with van der Waals surface area (Å²) in [6.07, 6.45) is 2.11. The standard InChI is InChI=1S/C13H15N3O2/c17-9-11(8-10-4-2-1-3-5-10)15-13(18)12-6-7-14-16-12/h1-7,11,17H,8-9H2,(H,14,16)(H,15,18)/t11-/m0/s1. The number of nitrogens with one attached hydrogen (secondary N) is 2. The Kier molecular flexibility index (Phi) is 4.09. The predicted octanol–water partition coefficient (Wildman–Crippen LogP) is 0.743. The molecule has 0 radical (unpaired) electrons. The van der Waals surface area contributed by atoms with Gasteiger partial charge < -0.3 is 10.4 Å². The summed E-state index contributed by atoms with van der Waals surface area (Å²) < 4.78 is 0. The molecule has 0 spiro atoms. The Labute approximate surface area is 105 Å². The first-order valence-corrected chi connectivity index (χ1v) is 5.74. The number of hydrogen-bond donors (Lipinski definition) is 3. The van der Waals surface area contributed by atoms with Crippen LogP contribution in [0.1, 0.15) is 16.1 Å². The van der Waals surface area contributed by atoms with Gasteiger partial charge in [-0.15, -0.1) is 0 Å². The zero-order valence-corrected chi connectivity index (χ0v) is 9.84. The van der Waals surface area contributed by atoms with Crippen LogP contribution in [0.5, 0.6) is 0 Å². The third-order valence-corrected chi connectivity index (χ3v) is 2.63. The van der Waals surface area contributed by atoms with E-state index in [1.807, 2.05) is 30.3 Å². The highest BCUT2D eigenvalue weighted by Crippen LogP contribution is 2.03. The van der Waals surface area contributed by atoms with Crippen molar-refractivity contribution in [1.29, 1.82) is 0 Å². The minimum Gasteiger partial charge on any atom is -0.394 e. The second-order valence-electron chi connectivity index (χ2n) is 4.01. The van der Waals surface area contributed by atoms with E-state index in [-0.39, 0.29) is 18.6 Å². The van der Waals surface area contributed by atoms with Crippen molar-refractivity contribution in [1.82, 2.24) is 15.5 Å². The summed E-state index contributed by atoms with van der Waals surface area (Å²) in [6.45, 7) is -0.102. The Morgan fingerprint density at radius 2 is 2.11 bits per heavy atom. The van der Waals surface area contributed by atoms with Crippen molar-refractivity contribution in [2.75, 3.05) is 6.61 Å². The van der Waals surface area contributed by atoms with Gasteiger partial charge in [-0.05, 0) is 18.1 Å². The van der Waals surface area contributed by atoms with Gasteiger partial charge in [-0.25, -0.2) is 0 Å². The fraction of sp³-hybridized carbons (Fsp3) is 0.231. The van der Waals surface area contributed by atoms with Gasteiger partial charge in [0.2, 0.25) is 0 Å². The lowest BCUT2D eigenvalue weighted by atomic mass is 10.1. The van der Waals surface area contributed by atoms with Gasteiger partial charge in [-0.3, -0.25) is 9.89 Å². The lowest BCUT2D eigenvalue weighted by molar-refractivity contribution is 0.0911. The Hall–Kier alpha value is -2.14. The van der Waals surface area contributed by atoms with Crippen LogP contribution in [0.2, 0.25) is 0 Å². The lowest BCUT2D eigenvalue weighted by Gasteiger charge is -2.15. The number of benzene rings is 1. The maximum atomic E-state index is 11.8. The summed E-state index contributed by atoms with van der Waals surface area (Å²) in [5.41, 5.74) is 1.46. The number of aliphatic hydroxyl groups excluding tert-OH is 1. The fourth-order valence-corrected chi connectivity index (χ4v) is 1.71. The summed E-state index contributed by atoms with van der Waals surface area (Å²) in [4.78, 5) is 11.8. The van der Waals surface area contributed by atoms with Crippen LogP contribution in [-0.2, 0) is 6.42 Å². The molecule has 0 aliphatic carbocycles. The maximum absolute atomic E-state index is 11.8. The number of amides is 1. The highest BCUT2D eigenvalue weighted by Gasteiger charge is 2.14. The summed E-state index contributed by atoms with van der Waals surface area (Å²) in [5.74, 6) is -0.262. The molecule has 1 aromatic carbocycles. The molecule has 5 nitrogen and oxygen atoms in total. The summed E-state index contributed by atoms with van der Waals surface area (Å²) in [7, 11) is 0. The average molecular weight is 245 g/mol. The molecule has 0 bridgehead atoms. The van der Waals surface area contributed by atoms with Gasteiger partial charge in [0.15, 0.2) is 0 Å². The normalized spacial score (nSPS) is 12.1.